The van der Waals surface area contributed by atoms with E-state index in [2.05, 4.69) is 9.97 Å². The average molecular weight is 393 g/mol. The van der Waals surface area contributed by atoms with Crippen molar-refractivity contribution >= 4 is 22.9 Å². The molecule has 1 aromatic carbocycles. The quantitative estimate of drug-likeness (QED) is 0.650. The number of aryl methyl sites for hydroxylation is 1. The summed E-state index contributed by atoms with van der Waals surface area (Å²) in [6, 6.07) is 10.8. The van der Waals surface area contributed by atoms with Crippen LogP contribution in [0.2, 0.25) is 0 Å². The van der Waals surface area contributed by atoms with Crippen molar-refractivity contribution in [3.63, 3.8) is 0 Å². The number of nitrogens with zero attached hydrogens (tertiary/aromatic N) is 2. The zero-order valence-electron chi connectivity index (χ0n) is 16.3. The van der Waals surface area contributed by atoms with Crippen molar-refractivity contribution in [2.45, 2.75) is 32.4 Å². The van der Waals surface area contributed by atoms with Gasteiger partial charge >= 0.3 is 0 Å². The number of carbonyl (C=O) groups excluding carboxylic acids is 1. The summed E-state index contributed by atoms with van der Waals surface area (Å²) < 4.78 is 11.2. The molecule has 3 aromatic rings. The number of H-pyrrole nitrogens is 1. The minimum Gasteiger partial charge on any atom is -0.462 e. The Hall–Kier alpha value is -3.19. The molecule has 1 aliphatic heterocycles. The number of benzene rings is 1. The summed E-state index contributed by atoms with van der Waals surface area (Å²) >= 11 is 0. The van der Waals surface area contributed by atoms with E-state index in [0.29, 0.717) is 35.6 Å². The smallest absolute Gasteiger partial charge is 0.258 e. The fraction of sp³-hybridized carbons (Fsp3) is 0.318. The number of ether oxygens (including phenoxy) is 1. The summed E-state index contributed by atoms with van der Waals surface area (Å²) in [7, 11) is 0. The van der Waals surface area contributed by atoms with Crippen LogP contribution in [0.4, 0.5) is 0 Å². The first-order valence-corrected chi connectivity index (χ1v) is 9.71. The number of hydrogen-bond donors (Lipinski definition) is 1. The van der Waals surface area contributed by atoms with E-state index in [9.17, 15) is 9.59 Å². The second kappa shape index (κ2) is 8.45. The van der Waals surface area contributed by atoms with Gasteiger partial charge in [-0.2, -0.15) is 0 Å². The van der Waals surface area contributed by atoms with E-state index < -0.39 is 0 Å². The van der Waals surface area contributed by atoms with E-state index in [0.717, 1.165) is 18.6 Å². The molecule has 1 amide bonds. The first-order valence-electron chi connectivity index (χ1n) is 9.71. The standard InChI is InChI=1S/C22H23N3O4/c1-15-8-9-16(29-15)10-11-21(26)25(13-17-5-4-12-28-17)14-20-23-19-7-3-2-6-18(19)22(27)24-20/h2-3,6-11,17H,4-5,12-14H2,1H3,(H,23,24,27)/b11-10+. The van der Waals surface area contributed by atoms with Crippen LogP contribution in [-0.2, 0) is 16.1 Å². The number of hydrogen-bond acceptors (Lipinski definition) is 5. The maximum absolute atomic E-state index is 12.9. The molecule has 0 radical (unpaired) electrons. The molecule has 7 heteroatoms. The minimum absolute atomic E-state index is 0.00890. The third-order valence-electron chi connectivity index (χ3n) is 4.91. The van der Waals surface area contributed by atoms with Gasteiger partial charge in [0.2, 0.25) is 5.91 Å². The molecule has 1 N–H and O–H groups in total. The molecule has 7 nitrogen and oxygen atoms in total. The van der Waals surface area contributed by atoms with Crippen LogP contribution in [0.3, 0.4) is 0 Å². The van der Waals surface area contributed by atoms with E-state index in [1.165, 1.54) is 6.08 Å². The maximum atomic E-state index is 12.9. The van der Waals surface area contributed by atoms with Crippen molar-refractivity contribution in [1.29, 1.82) is 0 Å². The Bertz CT molecular complexity index is 1090. The normalized spacial score (nSPS) is 16.7. The number of carbonyl (C=O) groups is 1. The molecule has 3 heterocycles. The SMILES string of the molecule is Cc1ccc(/C=C/C(=O)N(Cc2nc3ccccc3c(=O)[nH]2)CC2CCCO2)o1. The number of rotatable bonds is 6. The molecule has 1 aliphatic rings. The van der Waals surface area contributed by atoms with E-state index in [4.69, 9.17) is 9.15 Å². The minimum atomic E-state index is -0.211. The van der Waals surface area contributed by atoms with Crippen LogP contribution < -0.4 is 5.56 Å². The zero-order valence-corrected chi connectivity index (χ0v) is 16.3. The van der Waals surface area contributed by atoms with Crippen molar-refractivity contribution in [1.82, 2.24) is 14.9 Å². The third-order valence-corrected chi connectivity index (χ3v) is 4.91. The lowest BCUT2D eigenvalue weighted by Gasteiger charge is -2.24. The Morgan fingerprint density at radius 2 is 2.17 bits per heavy atom. The van der Waals surface area contributed by atoms with Gasteiger partial charge in [-0.1, -0.05) is 12.1 Å². The van der Waals surface area contributed by atoms with Gasteiger partial charge in [-0.05, 0) is 50.1 Å². The highest BCUT2D eigenvalue weighted by Gasteiger charge is 2.22. The topological polar surface area (TPSA) is 88.4 Å². The van der Waals surface area contributed by atoms with Gasteiger partial charge in [-0.3, -0.25) is 9.59 Å². The van der Waals surface area contributed by atoms with Crippen LogP contribution in [0.5, 0.6) is 0 Å². The number of nitrogens with one attached hydrogen (secondary N) is 1. The van der Waals surface area contributed by atoms with Crippen molar-refractivity contribution in [3.8, 4) is 0 Å². The Kier molecular flexibility index (Phi) is 5.57. The van der Waals surface area contributed by atoms with E-state index >= 15 is 0 Å². The Morgan fingerprint density at radius 1 is 1.31 bits per heavy atom. The van der Waals surface area contributed by atoms with E-state index in [1.807, 2.05) is 25.1 Å². The second-order valence-corrected chi connectivity index (χ2v) is 7.17. The predicted molar refractivity (Wildman–Crippen MR) is 109 cm³/mol. The van der Waals surface area contributed by atoms with Gasteiger partial charge in [0, 0.05) is 19.2 Å². The van der Waals surface area contributed by atoms with Gasteiger partial charge < -0.3 is 19.0 Å². The third kappa shape index (κ3) is 4.63. The summed E-state index contributed by atoms with van der Waals surface area (Å²) in [6.45, 7) is 3.20. The molecule has 2 aromatic heterocycles. The first kappa shape index (κ1) is 19.1. The lowest BCUT2D eigenvalue weighted by atomic mass is 10.2. The van der Waals surface area contributed by atoms with Crippen LogP contribution in [0.15, 0.2) is 51.7 Å². The van der Waals surface area contributed by atoms with Crippen molar-refractivity contribution < 1.29 is 13.9 Å². The van der Waals surface area contributed by atoms with Gasteiger partial charge in [0.1, 0.15) is 17.3 Å². The number of para-hydroxylation sites is 1. The molecule has 0 spiro atoms. The fourth-order valence-corrected chi connectivity index (χ4v) is 3.46. The van der Waals surface area contributed by atoms with Gasteiger partial charge in [0.25, 0.3) is 5.56 Å². The lowest BCUT2D eigenvalue weighted by Crippen LogP contribution is -2.36. The van der Waals surface area contributed by atoms with Gasteiger partial charge in [-0.15, -0.1) is 0 Å². The molecule has 1 unspecified atom stereocenters. The molecule has 0 saturated carbocycles. The molecule has 0 bridgehead atoms. The fourth-order valence-electron chi connectivity index (χ4n) is 3.46. The molecule has 1 fully saturated rings. The van der Waals surface area contributed by atoms with Gasteiger partial charge in [-0.25, -0.2) is 4.98 Å². The number of aromatic amines is 1. The Labute approximate surface area is 168 Å². The molecular formula is C22H23N3O4. The van der Waals surface area contributed by atoms with Crippen molar-refractivity contribution in [2.24, 2.45) is 0 Å². The number of aromatic nitrogens is 2. The Morgan fingerprint density at radius 3 is 2.93 bits per heavy atom. The summed E-state index contributed by atoms with van der Waals surface area (Å²) in [5.41, 5.74) is 0.397. The van der Waals surface area contributed by atoms with E-state index in [1.54, 1.807) is 29.2 Å². The molecule has 1 saturated heterocycles. The summed E-state index contributed by atoms with van der Waals surface area (Å²) in [4.78, 5) is 34.2. The van der Waals surface area contributed by atoms with E-state index in [-0.39, 0.29) is 24.1 Å². The van der Waals surface area contributed by atoms with Crippen LogP contribution in [0.1, 0.15) is 30.2 Å². The largest absolute Gasteiger partial charge is 0.462 e. The summed E-state index contributed by atoms with van der Waals surface area (Å²) in [5, 5.41) is 0.529. The molecule has 150 valence electrons. The van der Waals surface area contributed by atoms with Crippen LogP contribution >= 0.6 is 0 Å². The van der Waals surface area contributed by atoms with Gasteiger partial charge in [0.15, 0.2) is 0 Å². The van der Waals surface area contributed by atoms with Crippen LogP contribution in [0, 0.1) is 6.92 Å². The van der Waals surface area contributed by atoms with Crippen molar-refractivity contribution in [2.75, 3.05) is 13.2 Å². The molecular weight excluding hydrogens is 370 g/mol. The maximum Gasteiger partial charge on any atom is 0.258 e. The van der Waals surface area contributed by atoms with Gasteiger partial charge in [0.05, 0.1) is 23.6 Å². The van der Waals surface area contributed by atoms with Crippen LogP contribution in [-0.4, -0.2) is 40.0 Å². The number of amides is 1. The highest BCUT2D eigenvalue weighted by atomic mass is 16.5. The summed E-state index contributed by atoms with van der Waals surface area (Å²) in [5.74, 6) is 1.66. The number of furan rings is 1. The monoisotopic (exact) mass is 393 g/mol. The second-order valence-electron chi connectivity index (χ2n) is 7.17. The first-order chi connectivity index (χ1) is 14.1. The molecule has 0 aliphatic carbocycles. The Balaban J connectivity index is 1.57. The highest BCUT2D eigenvalue weighted by Crippen LogP contribution is 2.16. The highest BCUT2D eigenvalue weighted by molar-refractivity contribution is 5.91. The van der Waals surface area contributed by atoms with Crippen LogP contribution in [0.25, 0.3) is 17.0 Å². The predicted octanol–water partition coefficient (Wildman–Crippen LogP) is 3.05. The molecule has 1 atom stereocenters. The summed E-state index contributed by atoms with van der Waals surface area (Å²) in [6.07, 6.45) is 5.01. The number of fused-ring (bicyclic) bond motifs is 1. The molecule has 4 rings (SSSR count). The average Bonchev–Trinajstić information content (AvgIpc) is 3.37. The van der Waals surface area contributed by atoms with Crippen molar-refractivity contribution in [3.05, 3.63) is 70.2 Å². The molecule has 29 heavy (non-hydrogen) atoms. The zero-order chi connectivity index (χ0) is 20.2. The lowest BCUT2D eigenvalue weighted by molar-refractivity contribution is -0.128.